The minimum absolute atomic E-state index is 0.0479. The van der Waals surface area contributed by atoms with Crippen LogP contribution in [0.1, 0.15) is 34.6 Å². The van der Waals surface area contributed by atoms with Crippen molar-refractivity contribution in [1.82, 2.24) is 20.1 Å². The Kier molecular flexibility index (Phi) is 7.19. The van der Waals surface area contributed by atoms with Crippen LogP contribution in [0.4, 0.5) is 0 Å². The van der Waals surface area contributed by atoms with Gasteiger partial charge in [0.25, 0.3) is 11.8 Å². The summed E-state index contributed by atoms with van der Waals surface area (Å²) in [6, 6.07) is 10.7. The summed E-state index contributed by atoms with van der Waals surface area (Å²) in [5.74, 6) is 0.730. The van der Waals surface area contributed by atoms with Crippen LogP contribution >= 0.6 is 0 Å². The molecule has 2 amide bonds. The van der Waals surface area contributed by atoms with Gasteiger partial charge in [0, 0.05) is 62.8 Å². The van der Waals surface area contributed by atoms with Gasteiger partial charge in [-0.25, -0.2) is 0 Å². The molecule has 0 radical (unpaired) electrons. The number of carbonyl (C=O) groups is 2. The van der Waals surface area contributed by atoms with Crippen molar-refractivity contribution in [1.29, 1.82) is 0 Å². The molecule has 0 bridgehead atoms. The van der Waals surface area contributed by atoms with E-state index in [2.05, 4.69) is 15.2 Å². The molecule has 1 aromatic carbocycles. The molecule has 1 fully saturated rings. The molecule has 0 spiro atoms. The van der Waals surface area contributed by atoms with Crippen LogP contribution in [0.3, 0.4) is 0 Å². The Morgan fingerprint density at radius 3 is 2.28 bits per heavy atom. The monoisotopic (exact) mass is 396 g/mol. The van der Waals surface area contributed by atoms with Crippen LogP contribution in [0.2, 0.25) is 0 Å². The molecule has 0 unspecified atom stereocenters. The number of rotatable bonds is 7. The molecule has 1 aliphatic heterocycles. The lowest BCUT2D eigenvalue weighted by Gasteiger charge is -2.34. The van der Waals surface area contributed by atoms with E-state index in [1.807, 2.05) is 43.0 Å². The number of benzene rings is 1. The maximum Gasteiger partial charge on any atom is 0.253 e. The fraction of sp³-hybridized carbons (Fsp3) is 0.409. The van der Waals surface area contributed by atoms with E-state index >= 15 is 0 Å². The molecule has 7 nitrogen and oxygen atoms in total. The normalized spacial score (nSPS) is 14.7. The Hall–Kier alpha value is -2.93. The first-order valence-corrected chi connectivity index (χ1v) is 9.99. The molecule has 2 aromatic rings. The Morgan fingerprint density at radius 1 is 1.00 bits per heavy atom. The summed E-state index contributed by atoms with van der Waals surface area (Å²) in [5.41, 5.74) is 1.29. The highest BCUT2D eigenvalue weighted by Crippen LogP contribution is 2.16. The summed E-state index contributed by atoms with van der Waals surface area (Å²) < 4.78 is 5.63. The second-order valence-corrected chi connectivity index (χ2v) is 7.32. The fourth-order valence-electron chi connectivity index (χ4n) is 3.24. The van der Waals surface area contributed by atoms with Crippen molar-refractivity contribution in [3.63, 3.8) is 0 Å². The minimum atomic E-state index is -0.0916. The van der Waals surface area contributed by atoms with Crippen molar-refractivity contribution in [2.24, 2.45) is 0 Å². The van der Waals surface area contributed by atoms with Gasteiger partial charge in [-0.2, -0.15) is 0 Å². The number of ether oxygens (including phenoxy) is 1. The van der Waals surface area contributed by atoms with Crippen LogP contribution in [0.25, 0.3) is 0 Å². The number of aromatic nitrogens is 1. The van der Waals surface area contributed by atoms with Gasteiger partial charge >= 0.3 is 0 Å². The molecule has 2 heterocycles. The lowest BCUT2D eigenvalue weighted by atomic mass is 10.1. The van der Waals surface area contributed by atoms with E-state index in [0.717, 1.165) is 25.4 Å². The Morgan fingerprint density at radius 2 is 1.66 bits per heavy atom. The van der Waals surface area contributed by atoms with Crippen molar-refractivity contribution < 1.29 is 14.3 Å². The van der Waals surface area contributed by atoms with Gasteiger partial charge in [-0.15, -0.1) is 0 Å². The highest BCUT2D eigenvalue weighted by molar-refractivity contribution is 5.94. The molecule has 0 aliphatic carbocycles. The van der Waals surface area contributed by atoms with E-state index < -0.39 is 0 Å². The quantitative estimate of drug-likeness (QED) is 0.775. The molecule has 1 aromatic heterocycles. The van der Waals surface area contributed by atoms with Gasteiger partial charge < -0.3 is 15.0 Å². The van der Waals surface area contributed by atoms with Gasteiger partial charge in [0.2, 0.25) is 0 Å². The largest absolute Gasteiger partial charge is 0.491 e. The number of pyridine rings is 1. The van der Waals surface area contributed by atoms with E-state index in [9.17, 15) is 9.59 Å². The molecule has 29 heavy (non-hydrogen) atoms. The third kappa shape index (κ3) is 6.02. The van der Waals surface area contributed by atoms with Gasteiger partial charge in [-0.3, -0.25) is 19.5 Å². The van der Waals surface area contributed by atoms with Crippen LogP contribution < -0.4 is 10.1 Å². The lowest BCUT2D eigenvalue weighted by molar-refractivity contribution is 0.0638. The topological polar surface area (TPSA) is 74.8 Å². The van der Waals surface area contributed by atoms with Gasteiger partial charge in [-0.1, -0.05) is 0 Å². The highest BCUT2D eigenvalue weighted by atomic mass is 16.5. The average molecular weight is 396 g/mol. The maximum atomic E-state index is 12.7. The van der Waals surface area contributed by atoms with Crippen LogP contribution in [0, 0.1) is 0 Å². The molecule has 3 rings (SSSR count). The van der Waals surface area contributed by atoms with Crippen LogP contribution in [-0.4, -0.2) is 72.0 Å². The third-order valence-electron chi connectivity index (χ3n) is 4.79. The van der Waals surface area contributed by atoms with Crippen molar-refractivity contribution >= 4 is 11.8 Å². The van der Waals surface area contributed by atoms with Crippen molar-refractivity contribution in [2.45, 2.75) is 20.0 Å². The van der Waals surface area contributed by atoms with Crippen molar-refractivity contribution in [2.75, 3.05) is 39.3 Å². The van der Waals surface area contributed by atoms with Gasteiger partial charge in [-0.05, 0) is 50.2 Å². The molecule has 1 saturated heterocycles. The Labute approximate surface area is 171 Å². The Bertz CT molecular complexity index is 801. The van der Waals surface area contributed by atoms with E-state index in [4.69, 9.17) is 4.74 Å². The third-order valence-corrected chi connectivity index (χ3v) is 4.79. The first kappa shape index (κ1) is 20.8. The van der Waals surface area contributed by atoms with Crippen LogP contribution in [0.15, 0.2) is 48.8 Å². The van der Waals surface area contributed by atoms with Gasteiger partial charge in [0.05, 0.1) is 6.10 Å². The number of piperazine rings is 1. The first-order valence-electron chi connectivity index (χ1n) is 9.99. The fourth-order valence-corrected chi connectivity index (χ4v) is 3.24. The molecule has 0 saturated carbocycles. The van der Waals surface area contributed by atoms with E-state index in [1.54, 1.807) is 24.5 Å². The second kappa shape index (κ2) is 10.0. The lowest BCUT2D eigenvalue weighted by Crippen LogP contribution is -2.50. The molecular weight excluding hydrogens is 368 g/mol. The van der Waals surface area contributed by atoms with Crippen LogP contribution in [-0.2, 0) is 0 Å². The molecule has 0 atom stereocenters. The number of hydrogen-bond donors (Lipinski definition) is 1. The zero-order valence-electron chi connectivity index (χ0n) is 17.0. The first-order chi connectivity index (χ1) is 14.0. The Balaban J connectivity index is 1.40. The summed E-state index contributed by atoms with van der Waals surface area (Å²) in [6.07, 6.45) is 3.32. The second-order valence-electron chi connectivity index (χ2n) is 7.32. The summed E-state index contributed by atoms with van der Waals surface area (Å²) >= 11 is 0. The van der Waals surface area contributed by atoms with Gasteiger partial charge in [0.15, 0.2) is 0 Å². The molecular formula is C22H28N4O3. The number of hydrogen-bond acceptors (Lipinski definition) is 5. The number of amides is 2. The van der Waals surface area contributed by atoms with E-state index in [-0.39, 0.29) is 17.9 Å². The predicted molar refractivity (Wildman–Crippen MR) is 111 cm³/mol. The van der Waals surface area contributed by atoms with Crippen molar-refractivity contribution in [3.05, 3.63) is 59.9 Å². The van der Waals surface area contributed by atoms with E-state index in [1.165, 1.54) is 0 Å². The zero-order chi connectivity index (χ0) is 20.6. The SMILES string of the molecule is CC(C)Oc1ccc(C(=O)N2CCN(CCNC(=O)c3ccncc3)CC2)cc1. The molecule has 1 N–H and O–H groups in total. The molecule has 7 heteroatoms. The number of carbonyl (C=O) groups excluding carboxylic acids is 2. The van der Waals surface area contributed by atoms with Gasteiger partial charge in [0.1, 0.15) is 5.75 Å². The van der Waals surface area contributed by atoms with Crippen molar-refractivity contribution in [3.8, 4) is 5.75 Å². The van der Waals surface area contributed by atoms with E-state index in [0.29, 0.717) is 30.8 Å². The standard InChI is InChI=1S/C22H28N4O3/c1-17(2)29-20-5-3-19(4-6-20)22(28)26-15-13-25(14-16-26)12-11-24-21(27)18-7-9-23-10-8-18/h3-10,17H,11-16H2,1-2H3,(H,24,27). The number of nitrogens with one attached hydrogen (secondary N) is 1. The highest BCUT2D eigenvalue weighted by Gasteiger charge is 2.22. The number of nitrogens with zero attached hydrogens (tertiary/aromatic N) is 3. The average Bonchev–Trinajstić information content (AvgIpc) is 2.74. The maximum absolute atomic E-state index is 12.7. The molecule has 154 valence electrons. The summed E-state index contributed by atoms with van der Waals surface area (Å²) in [5, 5.41) is 2.92. The van der Waals surface area contributed by atoms with Crippen LogP contribution in [0.5, 0.6) is 5.75 Å². The summed E-state index contributed by atoms with van der Waals surface area (Å²) in [4.78, 5) is 32.8. The summed E-state index contributed by atoms with van der Waals surface area (Å²) in [6.45, 7) is 8.25. The molecule has 1 aliphatic rings. The smallest absolute Gasteiger partial charge is 0.253 e. The minimum Gasteiger partial charge on any atom is -0.491 e. The predicted octanol–water partition coefficient (Wildman–Crippen LogP) is 2.06. The zero-order valence-corrected chi connectivity index (χ0v) is 17.0. The summed E-state index contributed by atoms with van der Waals surface area (Å²) in [7, 11) is 0.